The Labute approximate surface area is 154 Å². The molecule has 0 heterocycles. The molecule has 0 aliphatic rings. The Kier molecular flexibility index (Phi) is 6.14. The van der Waals surface area contributed by atoms with Crippen LogP contribution in [-0.4, -0.2) is 31.9 Å². The Balaban J connectivity index is 2.48. The van der Waals surface area contributed by atoms with E-state index in [1.54, 1.807) is 6.34 Å². The van der Waals surface area contributed by atoms with Gasteiger partial charge in [0.2, 0.25) is 0 Å². The zero-order valence-electron chi connectivity index (χ0n) is 14.8. The molecule has 0 amide bonds. The Morgan fingerprint density at radius 3 is 2.33 bits per heavy atom. The largest absolute Gasteiger partial charge is 0.366 e. The van der Waals surface area contributed by atoms with Crippen LogP contribution in [0.5, 0.6) is 0 Å². The van der Waals surface area contributed by atoms with Gasteiger partial charge in [-0.3, -0.25) is 0 Å². The summed E-state index contributed by atoms with van der Waals surface area (Å²) in [5, 5.41) is 1.30. The Bertz CT molecular complexity index is 757. The van der Waals surface area contributed by atoms with Crippen molar-refractivity contribution in [2.24, 2.45) is 4.99 Å². The fourth-order valence-corrected chi connectivity index (χ4v) is 2.85. The summed E-state index contributed by atoms with van der Waals surface area (Å²) in [6.07, 6.45) is 1.80. The highest BCUT2D eigenvalue weighted by Crippen LogP contribution is 2.40. The highest BCUT2D eigenvalue weighted by molar-refractivity contribution is 6.36. The lowest BCUT2D eigenvalue weighted by atomic mass is 10.1. The molecule has 0 saturated heterocycles. The summed E-state index contributed by atoms with van der Waals surface area (Å²) in [5.41, 5.74) is 4.80. The van der Waals surface area contributed by atoms with Crippen molar-refractivity contribution in [2.45, 2.75) is 20.8 Å². The minimum atomic E-state index is 0.612. The maximum absolute atomic E-state index is 6.63. The molecule has 0 spiro atoms. The minimum absolute atomic E-state index is 0.612. The molecule has 0 atom stereocenters. The third-order valence-electron chi connectivity index (χ3n) is 3.90. The molecule has 2 rings (SSSR count). The smallest absolute Gasteiger partial charge is 0.0910 e. The molecule has 0 N–H and O–H groups in total. The molecule has 0 fully saturated rings. The Morgan fingerprint density at radius 2 is 1.67 bits per heavy atom. The summed E-state index contributed by atoms with van der Waals surface area (Å²) in [6, 6.07) is 9.98. The standard InChI is InChI=1S/C19H23Cl2N3/c1-6-23(4)12-22-16-9-14(3)11-18(19(16)21)24(5)17-10-13(2)7-8-15(17)20/h7-12H,6H2,1-5H3/b22-12-. The van der Waals surface area contributed by atoms with Crippen LogP contribution < -0.4 is 4.90 Å². The minimum Gasteiger partial charge on any atom is -0.366 e. The first-order valence-corrected chi connectivity index (χ1v) is 8.63. The van der Waals surface area contributed by atoms with E-state index in [0.717, 1.165) is 34.7 Å². The van der Waals surface area contributed by atoms with Gasteiger partial charge in [0.1, 0.15) is 0 Å². The molecule has 0 bridgehead atoms. The number of halogens is 2. The van der Waals surface area contributed by atoms with Crippen molar-refractivity contribution < 1.29 is 0 Å². The van der Waals surface area contributed by atoms with E-state index in [9.17, 15) is 0 Å². The van der Waals surface area contributed by atoms with E-state index in [4.69, 9.17) is 23.2 Å². The van der Waals surface area contributed by atoms with Crippen LogP contribution in [0.3, 0.4) is 0 Å². The van der Waals surface area contributed by atoms with Gasteiger partial charge in [-0.25, -0.2) is 4.99 Å². The van der Waals surface area contributed by atoms with Crippen LogP contribution in [0.1, 0.15) is 18.1 Å². The summed E-state index contributed by atoms with van der Waals surface area (Å²) in [7, 11) is 3.94. The molecule has 3 nitrogen and oxygen atoms in total. The van der Waals surface area contributed by atoms with Gasteiger partial charge in [0.25, 0.3) is 0 Å². The first-order valence-electron chi connectivity index (χ1n) is 7.88. The fraction of sp³-hybridized carbons (Fsp3) is 0.316. The predicted octanol–water partition coefficient (Wildman–Crippen LogP) is 5.99. The zero-order valence-corrected chi connectivity index (χ0v) is 16.3. The van der Waals surface area contributed by atoms with E-state index in [0.29, 0.717) is 10.0 Å². The fourth-order valence-electron chi connectivity index (χ4n) is 2.32. The number of hydrogen-bond donors (Lipinski definition) is 0. The van der Waals surface area contributed by atoms with Crippen LogP contribution in [-0.2, 0) is 0 Å². The topological polar surface area (TPSA) is 18.8 Å². The molecule has 2 aromatic rings. The Morgan fingerprint density at radius 1 is 1.00 bits per heavy atom. The molecule has 0 aromatic heterocycles. The second kappa shape index (κ2) is 7.91. The van der Waals surface area contributed by atoms with Gasteiger partial charge in [0.05, 0.1) is 33.4 Å². The number of benzene rings is 2. The molecule has 128 valence electrons. The third kappa shape index (κ3) is 4.22. The summed E-state index contributed by atoms with van der Waals surface area (Å²) < 4.78 is 0. The number of aryl methyl sites for hydroxylation is 2. The van der Waals surface area contributed by atoms with Crippen molar-refractivity contribution in [3.8, 4) is 0 Å². The molecule has 2 aromatic carbocycles. The van der Waals surface area contributed by atoms with E-state index < -0.39 is 0 Å². The lowest BCUT2D eigenvalue weighted by Gasteiger charge is -2.23. The van der Waals surface area contributed by atoms with Crippen LogP contribution in [0, 0.1) is 13.8 Å². The van der Waals surface area contributed by atoms with Crippen molar-refractivity contribution in [2.75, 3.05) is 25.5 Å². The van der Waals surface area contributed by atoms with Crippen molar-refractivity contribution in [3.05, 3.63) is 51.5 Å². The van der Waals surface area contributed by atoms with Crippen LogP contribution in [0.25, 0.3) is 0 Å². The lowest BCUT2D eigenvalue weighted by Crippen LogP contribution is -2.14. The van der Waals surface area contributed by atoms with Crippen molar-refractivity contribution in [1.29, 1.82) is 0 Å². The lowest BCUT2D eigenvalue weighted by molar-refractivity contribution is 0.552. The summed E-state index contributed by atoms with van der Waals surface area (Å²) >= 11 is 13.0. The van der Waals surface area contributed by atoms with Crippen molar-refractivity contribution in [1.82, 2.24) is 4.90 Å². The maximum Gasteiger partial charge on any atom is 0.0910 e. The second-order valence-electron chi connectivity index (χ2n) is 5.95. The van der Waals surface area contributed by atoms with E-state index in [2.05, 4.69) is 18.0 Å². The zero-order chi connectivity index (χ0) is 17.9. The number of hydrogen-bond acceptors (Lipinski definition) is 2. The average molecular weight is 364 g/mol. The number of nitrogens with zero attached hydrogens (tertiary/aromatic N) is 3. The molecular weight excluding hydrogens is 341 g/mol. The average Bonchev–Trinajstić information content (AvgIpc) is 2.56. The highest BCUT2D eigenvalue weighted by atomic mass is 35.5. The van der Waals surface area contributed by atoms with Gasteiger partial charge in [-0.2, -0.15) is 0 Å². The highest BCUT2D eigenvalue weighted by Gasteiger charge is 2.15. The Hall–Kier alpha value is -1.71. The molecular formula is C19H23Cl2N3. The quantitative estimate of drug-likeness (QED) is 0.479. The normalized spacial score (nSPS) is 11.1. The van der Waals surface area contributed by atoms with Crippen molar-refractivity contribution in [3.63, 3.8) is 0 Å². The van der Waals surface area contributed by atoms with E-state index in [-0.39, 0.29) is 0 Å². The van der Waals surface area contributed by atoms with Crippen molar-refractivity contribution >= 4 is 46.6 Å². The van der Waals surface area contributed by atoms with E-state index in [1.165, 1.54) is 0 Å². The second-order valence-corrected chi connectivity index (χ2v) is 6.73. The van der Waals surface area contributed by atoms with Crippen LogP contribution in [0.15, 0.2) is 35.3 Å². The monoisotopic (exact) mass is 363 g/mol. The van der Waals surface area contributed by atoms with Crippen LogP contribution in [0.2, 0.25) is 10.0 Å². The van der Waals surface area contributed by atoms with Gasteiger partial charge < -0.3 is 9.80 Å². The molecule has 5 heteroatoms. The van der Waals surface area contributed by atoms with E-state index in [1.807, 2.05) is 62.0 Å². The van der Waals surface area contributed by atoms with Gasteiger partial charge >= 0.3 is 0 Å². The SMILES string of the molecule is CCN(C)/C=N\c1cc(C)cc(N(C)c2cc(C)ccc2Cl)c1Cl. The number of anilines is 2. The van der Waals surface area contributed by atoms with Crippen LogP contribution in [0.4, 0.5) is 17.1 Å². The predicted molar refractivity (Wildman–Crippen MR) is 107 cm³/mol. The first-order chi connectivity index (χ1) is 11.3. The molecule has 0 unspecified atom stereocenters. The number of rotatable bonds is 5. The maximum atomic E-state index is 6.63. The number of aliphatic imine (C=N–C) groups is 1. The first kappa shape index (κ1) is 18.6. The van der Waals surface area contributed by atoms with Gasteiger partial charge in [-0.1, -0.05) is 29.3 Å². The summed E-state index contributed by atoms with van der Waals surface area (Å²) in [4.78, 5) is 8.53. The molecule has 0 aliphatic heterocycles. The van der Waals surface area contributed by atoms with Gasteiger partial charge in [-0.05, 0) is 56.2 Å². The molecule has 0 saturated carbocycles. The van der Waals surface area contributed by atoms with Crippen LogP contribution >= 0.6 is 23.2 Å². The van der Waals surface area contributed by atoms with Gasteiger partial charge in [0, 0.05) is 20.6 Å². The molecule has 24 heavy (non-hydrogen) atoms. The summed E-state index contributed by atoms with van der Waals surface area (Å²) in [5.74, 6) is 0. The van der Waals surface area contributed by atoms with Gasteiger partial charge in [-0.15, -0.1) is 0 Å². The van der Waals surface area contributed by atoms with E-state index >= 15 is 0 Å². The summed E-state index contributed by atoms with van der Waals surface area (Å²) in [6.45, 7) is 7.04. The molecule has 0 aliphatic carbocycles. The third-order valence-corrected chi connectivity index (χ3v) is 4.60. The molecule has 0 radical (unpaired) electrons. The van der Waals surface area contributed by atoms with Gasteiger partial charge in [0.15, 0.2) is 0 Å².